The SMILES string of the molecule is COc1ccc(/C=C2\Cc3ccccc3C2=O)cc1OCc1ccccc1. The number of ether oxygens (including phenoxy) is 2. The molecule has 3 heteroatoms. The van der Waals surface area contributed by atoms with Crippen molar-refractivity contribution >= 4 is 11.9 Å². The number of hydrogen-bond acceptors (Lipinski definition) is 3. The third kappa shape index (κ3) is 3.63. The van der Waals surface area contributed by atoms with Gasteiger partial charge in [-0.1, -0.05) is 60.7 Å². The minimum atomic E-state index is 0.105. The summed E-state index contributed by atoms with van der Waals surface area (Å²) in [5.41, 5.74) is 4.70. The standard InChI is InChI=1S/C24H20O3/c1-26-22-12-11-18(14-23(22)27-16-17-7-3-2-4-8-17)13-20-15-19-9-5-6-10-21(19)24(20)25/h2-14H,15-16H2,1H3/b20-13+. The Labute approximate surface area is 158 Å². The Bertz CT molecular complexity index is 1000. The fourth-order valence-electron chi connectivity index (χ4n) is 3.30. The van der Waals surface area contributed by atoms with Crippen LogP contribution in [0, 0.1) is 0 Å². The average molecular weight is 356 g/mol. The highest BCUT2D eigenvalue weighted by molar-refractivity contribution is 6.15. The van der Waals surface area contributed by atoms with E-state index in [9.17, 15) is 4.79 Å². The molecule has 0 saturated carbocycles. The van der Waals surface area contributed by atoms with Gasteiger partial charge in [0, 0.05) is 17.6 Å². The van der Waals surface area contributed by atoms with Crippen LogP contribution in [-0.2, 0) is 13.0 Å². The molecule has 0 amide bonds. The molecular weight excluding hydrogens is 336 g/mol. The van der Waals surface area contributed by atoms with Crippen molar-refractivity contribution in [1.29, 1.82) is 0 Å². The van der Waals surface area contributed by atoms with Gasteiger partial charge >= 0.3 is 0 Å². The summed E-state index contributed by atoms with van der Waals surface area (Å²) in [5, 5.41) is 0. The molecule has 0 atom stereocenters. The van der Waals surface area contributed by atoms with Gasteiger partial charge in [-0.15, -0.1) is 0 Å². The molecule has 0 fully saturated rings. The number of rotatable bonds is 5. The van der Waals surface area contributed by atoms with E-state index in [1.54, 1.807) is 7.11 Å². The van der Waals surface area contributed by atoms with E-state index in [1.165, 1.54) is 0 Å². The maximum absolute atomic E-state index is 12.6. The summed E-state index contributed by atoms with van der Waals surface area (Å²) in [6.45, 7) is 0.460. The number of carbonyl (C=O) groups excluding carboxylic acids is 1. The second kappa shape index (κ2) is 7.50. The van der Waals surface area contributed by atoms with E-state index in [0.29, 0.717) is 24.5 Å². The van der Waals surface area contributed by atoms with Gasteiger partial charge in [0.25, 0.3) is 0 Å². The number of Topliss-reactive ketones (excluding diaryl/α,β-unsaturated/α-hetero) is 1. The van der Waals surface area contributed by atoms with E-state index in [2.05, 4.69) is 0 Å². The highest BCUT2D eigenvalue weighted by atomic mass is 16.5. The topological polar surface area (TPSA) is 35.5 Å². The van der Waals surface area contributed by atoms with Crippen molar-refractivity contribution < 1.29 is 14.3 Å². The van der Waals surface area contributed by atoms with Gasteiger partial charge < -0.3 is 9.47 Å². The zero-order chi connectivity index (χ0) is 18.6. The smallest absolute Gasteiger partial charge is 0.189 e. The average Bonchev–Trinajstić information content (AvgIpc) is 3.03. The van der Waals surface area contributed by atoms with Gasteiger partial charge in [-0.3, -0.25) is 4.79 Å². The Morgan fingerprint density at radius 3 is 2.48 bits per heavy atom. The summed E-state index contributed by atoms with van der Waals surface area (Å²) in [6, 6.07) is 23.5. The molecule has 3 aromatic carbocycles. The van der Waals surface area contributed by atoms with E-state index in [1.807, 2.05) is 78.9 Å². The molecule has 0 bridgehead atoms. The van der Waals surface area contributed by atoms with Gasteiger partial charge in [-0.25, -0.2) is 0 Å². The number of hydrogen-bond donors (Lipinski definition) is 0. The molecule has 0 heterocycles. The van der Waals surface area contributed by atoms with Crippen LogP contribution in [0.3, 0.4) is 0 Å². The van der Waals surface area contributed by atoms with Gasteiger partial charge in [0.1, 0.15) is 6.61 Å². The maximum Gasteiger partial charge on any atom is 0.189 e. The van der Waals surface area contributed by atoms with Gasteiger partial charge in [0.2, 0.25) is 0 Å². The first-order chi connectivity index (χ1) is 13.2. The Kier molecular flexibility index (Phi) is 4.75. The second-order valence-electron chi connectivity index (χ2n) is 6.52. The van der Waals surface area contributed by atoms with Crippen LogP contribution < -0.4 is 9.47 Å². The molecule has 134 valence electrons. The predicted octanol–water partition coefficient (Wildman–Crippen LogP) is 5.10. The maximum atomic E-state index is 12.6. The molecule has 0 spiro atoms. The zero-order valence-corrected chi connectivity index (χ0v) is 15.1. The molecule has 0 N–H and O–H groups in total. The van der Waals surface area contributed by atoms with Crippen LogP contribution in [0.5, 0.6) is 11.5 Å². The molecule has 1 aliphatic rings. The van der Waals surface area contributed by atoms with Crippen molar-refractivity contribution in [3.8, 4) is 11.5 Å². The van der Waals surface area contributed by atoms with Crippen LogP contribution in [0.1, 0.15) is 27.0 Å². The zero-order valence-electron chi connectivity index (χ0n) is 15.1. The Morgan fingerprint density at radius 1 is 0.926 bits per heavy atom. The third-order valence-electron chi connectivity index (χ3n) is 4.70. The van der Waals surface area contributed by atoms with Crippen molar-refractivity contribution in [2.75, 3.05) is 7.11 Å². The normalized spacial score (nSPS) is 14.3. The van der Waals surface area contributed by atoms with E-state index >= 15 is 0 Å². The highest BCUT2D eigenvalue weighted by Gasteiger charge is 2.24. The predicted molar refractivity (Wildman–Crippen MR) is 106 cm³/mol. The van der Waals surface area contributed by atoms with Crippen LogP contribution in [0.2, 0.25) is 0 Å². The number of benzene rings is 3. The number of fused-ring (bicyclic) bond motifs is 1. The van der Waals surface area contributed by atoms with E-state index < -0.39 is 0 Å². The molecule has 1 aliphatic carbocycles. The minimum Gasteiger partial charge on any atom is -0.493 e. The van der Waals surface area contributed by atoms with E-state index in [4.69, 9.17) is 9.47 Å². The van der Waals surface area contributed by atoms with E-state index in [-0.39, 0.29) is 5.78 Å². The molecule has 0 saturated heterocycles. The molecular formula is C24H20O3. The molecule has 3 aromatic rings. The second-order valence-corrected chi connectivity index (χ2v) is 6.52. The lowest BCUT2D eigenvalue weighted by molar-refractivity contribution is 0.104. The number of methoxy groups -OCH3 is 1. The first kappa shape index (κ1) is 17.1. The van der Waals surface area contributed by atoms with Crippen LogP contribution >= 0.6 is 0 Å². The summed E-state index contributed by atoms with van der Waals surface area (Å²) < 4.78 is 11.4. The van der Waals surface area contributed by atoms with Gasteiger partial charge in [-0.2, -0.15) is 0 Å². The lowest BCUT2D eigenvalue weighted by Gasteiger charge is -2.12. The molecule has 0 aromatic heterocycles. The van der Waals surface area contributed by atoms with Gasteiger partial charge in [0.15, 0.2) is 17.3 Å². The first-order valence-corrected chi connectivity index (χ1v) is 8.92. The summed E-state index contributed by atoms with van der Waals surface area (Å²) in [4.78, 5) is 12.6. The van der Waals surface area contributed by atoms with Crippen molar-refractivity contribution in [2.24, 2.45) is 0 Å². The Hall–Kier alpha value is -3.33. The fraction of sp³-hybridized carbons (Fsp3) is 0.125. The lowest BCUT2D eigenvalue weighted by Crippen LogP contribution is -1.98. The fourth-order valence-corrected chi connectivity index (χ4v) is 3.30. The Balaban J connectivity index is 1.58. The van der Waals surface area contributed by atoms with Crippen molar-refractivity contribution in [3.63, 3.8) is 0 Å². The monoisotopic (exact) mass is 356 g/mol. The summed E-state index contributed by atoms with van der Waals surface area (Å²) >= 11 is 0. The van der Waals surface area contributed by atoms with Crippen molar-refractivity contribution in [1.82, 2.24) is 0 Å². The van der Waals surface area contributed by atoms with Crippen molar-refractivity contribution in [2.45, 2.75) is 13.0 Å². The minimum absolute atomic E-state index is 0.105. The number of allylic oxidation sites excluding steroid dienone is 1. The molecule has 27 heavy (non-hydrogen) atoms. The largest absolute Gasteiger partial charge is 0.493 e. The van der Waals surface area contributed by atoms with Crippen LogP contribution in [0.4, 0.5) is 0 Å². The quantitative estimate of drug-likeness (QED) is 0.597. The summed E-state index contributed by atoms with van der Waals surface area (Å²) in [5.74, 6) is 1.45. The third-order valence-corrected chi connectivity index (χ3v) is 4.70. The molecule has 0 radical (unpaired) electrons. The van der Waals surface area contributed by atoms with Gasteiger partial charge in [-0.05, 0) is 34.9 Å². The van der Waals surface area contributed by atoms with Crippen LogP contribution in [0.25, 0.3) is 6.08 Å². The van der Waals surface area contributed by atoms with Crippen LogP contribution in [0.15, 0.2) is 78.4 Å². The van der Waals surface area contributed by atoms with Gasteiger partial charge in [0.05, 0.1) is 7.11 Å². The molecule has 3 nitrogen and oxygen atoms in total. The summed E-state index contributed by atoms with van der Waals surface area (Å²) in [7, 11) is 1.62. The number of carbonyl (C=O) groups is 1. The molecule has 4 rings (SSSR count). The summed E-state index contributed by atoms with van der Waals surface area (Å²) in [6.07, 6.45) is 2.61. The van der Waals surface area contributed by atoms with E-state index in [0.717, 1.165) is 27.8 Å². The van der Waals surface area contributed by atoms with Crippen molar-refractivity contribution in [3.05, 3.63) is 101 Å². The van der Waals surface area contributed by atoms with Crippen LogP contribution in [-0.4, -0.2) is 12.9 Å². The Morgan fingerprint density at radius 2 is 1.70 bits per heavy atom. The lowest BCUT2D eigenvalue weighted by atomic mass is 10.1. The number of ketones is 1. The molecule has 0 unspecified atom stereocenters. The molecule has 0 aliphatic heterocycles. The first-order valence-electron chi connectivity index (χ1n) is 8.92. The highest BCUT2D eigenvalue weighted by Crippen LogP contribution is 2.32.